The highest BCUT2D eigenvalue weighted by molar-refractivity contribution is 5.50. The molecular formula is C11H10FN. The summed E-state index contributed by atoms with van der Waals surface area (Å²) in [5.41, 5.74) is 1.43. The number of rotatable bonds is 2. The van der Waals surface area contributed by atoms with Crippen LogP contribution in [0.1, 0.15) is 17.5 Å². The van der Waals surface area contributed by atoms with Crippen LogP contribution >= 0.6 is 0 Å². The molecule has 0 bridgehead atoms. The SMILES string of the molecule is Cc1ccc(C=CCC#N)c(F)c1. The quantitative estimate of drug-likeness (QED) is 0.677. The lowest BCUT2D eigenvalue weighted by molar-refractivity contribution is 0.624. The highest BCUT2D eigenvalue weighted by Gasteiger charge is 1.96. The maximum absolute atomic E-state index is 13.1. The van der Waals surface area contributed by atoms with Gasteiger partial charge < -0.3 is 0 Å². The minimum absolute atomic E-state index is 0.241. The van der Waals surface area contributed by atoms with Crippen LogP contribution in [-0.2, 0) is 0 Å². The second-order valence-electron chi connectivity index (χ2n) is 2.79. The summed E-state index contributed by atoms with van der Waals surface area (Å²) in [7, 11) is 0. The van der Waals surface area contributed by atoms with Crippen molar-refractivity contribution in [3.8, 4) is 6.07 Å². The summed E-state index contributed by atoms with van der Waals surface area (Å²) in [5, 5.41) is 8.26. The van der Waals surface area contributed by atoms with E-state index < -0.39 is 0 Å². The minimum atomic E-state index is -0.241. The zero-order chi connectivity index (χ0) is 9.68. The second-order valence-corrected chi connectivity index (χ2v) is 2.79. The van der Waals surface area contributed by atoms with Crippen molar-refractivity contribution in [1.29, 1.82) is 5.26 Å². The molecule has 0 aliphatic carbocycles. The monoisotopic (exact) mass is 175 g/mol. The van der Waals surface area contributed by atoms with E-state index in [1.807, 2.05) is 19.1 Å². The number of nitriles is 1. The Balaban J connectivity index is 2.85. The topological polar surface area (TPSA) is 23.8 Å². The number of hydrogen-bond acceptors (Lipinski definition) is 1. The molecular weight excluding hydrogens is 165 g/mol. The van der Waals surface area contributed by atoms with Gasteiger partial charge in [-0.3, -0.25) is 0 Å². The Bertz CT molecular complexity index is 361. The van der Waals surface area contributed by atoms with Crippen LogP contribution in [0, 0.1) is 24.1 Å². The Kier molecular flexibility index (Phi) is 3.22. The molecule has 66 valence electrons. The smallest absolute Gasteiger partial charge is 0.130 e. The van der Waals surface area contributed by atoms with Crippen molar-refractivity contribution in [1.82, 2.24) is 0 Å². The van der Waals surface area contributed by atoms with E-state index in [1.54, 1.807) is 18.2 Å². The molecule has 0 aromatic heterocycles. The van der Waals surface area contributed by atoms with Crippen LogP contribution in [0.4, 0.5) is 4.39 Å². The third kappa shape index (κ3) is 2.72. The maximum atomic E-state index is 13.1. The molecule has 1 nitrogen and oxygen atoms in total. The molecule has 0 unspecified atom stereocenters. The van der Waals surface area contributed by atoms with E-state index in [-0.39, 0.29) is 5.82 Å². The van der Waals surface area contributed by atoms with Crippen molar-refractivity contribution in [2.45, 2.75) is 13.3 Å². The van der Waals surface area contributed by atoms with Crippen LogP contribution in [0.25, 0.3) is 6.08 Å². The normalized spacial score (nSPS) is 10.2. The molecule has 0 N–H and O–H groups in total. The van der Waals surface area contributed by atoms with Gasteiger partial charge in [0.15, 0.2) is 0 Å². The van der Waals surface area contributed by atoms with Crippen molar-refractivity contribution in [3.63, 3.8) is 0 Å². The van der Waals surface area contributed by atoms with Gasteiger partial charge in [0.25, 0.3) is 0 Å². The Labute approximate surface area is 77.1 Å². The maximum Gasteiger partial charge on any atom is 0.130 e. The molecule has 1 aromatic carbocycles. The summed E-state index contributed by atoms with van der Waals surface area (Å²) in [6.45, 7) is 1.84. The largest absolute Gasteiger partial charge is 0.206 e. The Morgan fingerprint density at radius 1 is 1.54 bits per heavy atom. The fraction of sp³-hybridized carbons (Fsp3) is 0.182. The molecule has 0 radical (unpaired) electrons. The Morgan fingerprint density at radius 3 is 2.92 bits per heavy atom. The summed E-state index contributed by atoms with van der Waals surface area (Å²) >= 11 is 0. The molecule has 0 amide bonds. The van der Waals surface area contributed by atoms with Crippen molar-refractivity contribution < 1.29 is 4.39 Å². The molecule has 0 spiro atoms. The number of benzene rings is 1. The molecule has 0 fully saturated rings. The number of allylic oxidation sites excluding steroid dienone is 1. The van der Waals surface area contributed by atoms with Gasteiger partial charge >= 0.3 is 0 Å². The number of nitrogens with zero attached hydrogens (tertiary/aromatic N) is 1. The predicted molar refractivity (Wildman–Crippen MR) is 50.4 cm³/mol. The van der Waals surface area contributed by atoms with Crippen molar-refractivity contribution in [2.24, 2.45) is 0 Å². The molecule has 0 aliphatic rings. The second kappa shape index (κ2) is 4.42. The van der Waals surface area contributed by atoms with Crippen LogP contribution in [0.5, 0.6) is 0 Å². The van der Waals surface area contributed by atoms with Gasteiger partial charge in [0.05, 0.1) is 12.5 Å². The van der Waals surface area contributed by atoms with Gasteiger partial charge in [0, 0.05) is 5.56 Å². The average Bonchev–Trinajstić information content (AvgIpc) is 2.09. The highest BCUT2D eigenvalue weighted by atomic mass is 19.1. The molecule has 13 heavy (non-hydrogen) atoms. The molecule has 0 aliphatic heterocycles. The van der Waals surface area contributed by atoms with Gasteiger partial charge in [-0.25, -0.2) is 4.39 Å². The van der Waals surface area contributed by atoms with Crippen LogP contribution < -0.4 is 0 Å². The number of hydrogen-bond donors (Lipinski definition) is 0. The van der Waals surface area contributed by atoms with Crippen molar-refractivity contribution in [2.75, 3.05) is 0 Å². The first-order chi connectivity index (χ1) is 6.24. The Hall–Kier alpha value is -1.62. The summed E-state index contributed by atoms with van der Waals surface area (Å²) in [6.07, 6.45) is 3.58. The first-order valence-electron chi connectivity index (χ1n) is 4.03. The van der Waals surface area contributed by atoms with Crippen LogP contribution in [0.2, 0.25) is 0 Å². The van der Waals surface area contributed by atoms with E-state index in [9.17, 15) is 4.39 Å². The minimum Gasteiger partial charge on any atom is -0.206 e. The third-order valence-corrected chi connectivity index (χ3v) is 1.66. The van der Waals surface area contributed by atoms with Gasteiger partial charge in [0.1, 0.15) is 5.82 Å². The number of halogens is 1. The average molecular weight is 175 g/mol. The van der Waals surface area contributed by atoms with Crippen LogP contribution in [-0.4, -0.2) is 0 Å². The van der Waals surface area contributed by atoms with Crippen molar-refractivity contribution >= 4 is 6.08 Å². The fourth-order valence-electron chi connectivity index (χ4n) is 1.01. The zero-order valence-electron chi connectivity index (χ0n) is 7.42. The Morgan fingerprint density at radius 2 is 2.31 bits per heavy atom. The van der Waals surface area contributed by atoms with E-state index >= 15 is 0 Å². The molecule has 2 heteroatoms. The lowest BCUT2D eigenvalue weighted by atomic mass is 10.1. The zero-order valence-corrected chi connectivity index (χ0v) is 7.42. The molecule has 0 saturated carbocycles. The van der Waals surface area contributed by atoms with Crippen LogP contribution in [0.15, 0.2) is 24.3 Å². The van der Waals surface area contributed by atoms with E-state index in [0.29, 0.717) is 12.0 Å². The standard InChI is InChI=1S/C11H10FN/c1-9-5-6-10(11(12)8-9)4-2-3-7-13/h2,4-6,8H,3H2,1H3. The van der Waals surface area contributed by atoms with E-state index in [4.69, 9.17) is 5.26 Å². The van der Waals surface area contributed by atoms with Gasteiger partial charge in [-0.1, -0.05) is 24.3 Å². The van der Waals surface area contributed by atoms with E-state index in [1.165, 1.54) is 6.07 Å². The molecule has 1 rings (SSSR count). The lowest BCUT2D eigenvalue weighted by Gasteiger charge is -1.97. The first kappa shape index (κ1) is 9.47. The summed E-state index contributed by atoms with van der Waals surface area (Å²) in [6, 6.07) is 6.99. The number of aryl methyl sites for hydroxylation is 1. The summed E-state index contributed by atoms with van der Waals surface area (Å²) < 4.78 is 13.1. The summed E-state index contributed by atoms with van der Waals surface area (Å²) in [5.74, 6) is -0.241. The van der Waals surface area contributed by atoms with Gasteiger partial charge in [-0.15, -0.1) is 0 Å². The lowest BCUT2D eigenvalue weighted by Crippen LogP contribution is -1.82. The highest BCUT2D eigenvalue weighted by Crippen LogP contribution is 2.11. The van der Waals surface area contributed by atoms with Gasteiger partial charge in [-0.2, -0.15) is 5.26 Å². The third-order valence-electron chi connectivity index (χ3n) is 1.66. The summed E-state index contributed by atoms with van der Waals surface area (Å²) in [4.78, 5) is 0. The molecule has 0 atom stereocenters. The van der Waals surface area contributed by atoms with E-state index in [2.05, 4.69) is 0 Å². The van der Waals surface area contributed by atoms with Gasteiger partial charge in [0.2, 0.25) is 0 Å². The predicted octanol–water partition coefficient (Wildman–Crippen LogP) is 3.06. The molecule has 0 heterocycles. The molecule has 1 aromatic rings. The van der Waals surface area contributed by atoms with Gasteiger partial charge in [-0.05, 0) is 18.6 Å². The van der Waals surface area contributed by atoms with Crippen molar-refractivity contribution in [3.05, 3.63) is 41.2 Å². The fourth-order valence-corrected chi connectivity index (χ4v) is 1.01. The van der Waals surface area contributed by atoms with E-state index in [0.717, 1.165) is 5.56 Å². The first-order valence-corrected chi connectivity index (χ1v) is 4.03. The van der Waals surface area contributed by atoms with Crippen LogP contribution in [0.3, 0.4) is 0 Å². The molecule has 0 saturated heterocycles.